The minimum Gasteiger partial charge on any atom is -0.361 e. The third kappa shape index (κ3) is 5.47. The van der Waals surface area contributed by atoms with E-state index in [0.717, 1.165) is 67.2 Å². The third-order valence-corrected chi connectivity index (χ3v) is 10.6. The van der Waals surface area contributed by atoms with Crippen LogP contribution in [0.1, 0.15) is 67.6 Å². The van der Waals surface area contributed by atoms with Crippen molar-refractivity contribution in [2.45, 2.75) is 68.4 Å². The normalized spacial score (nSPS) is 22.3. The molecule has 9 heteroatoms. The van der Waals surface area contributed by atoms with Crippen molar-refractivity contribution in [2.75, 3.05) is 47.3 Å². The molecule has 1 aliphatic carbocycles. The summed E-state index contributed by atoms with van der Waals surface area (Å²) in [6, 6.07) is 15.6. The lowest BCUT2D eigenvalue weighted by atomic mass is 9.73. The molecule has 3 aromatic rings. The second-order valence-electron chi connectivity index (χ2n) is 13.3. The summed E-state index contributed by atoms with van der Waals surface area (Å²) in [5.74, 6) is -0.304. The molecule has 3 heterocycles. The molecule has 1 aromatic heterocycles. The number of nitrogens with one attached hydrogen (secondary N) is 3. The van der Waals surface area contributed by atoms with Crippen molar-refractivity contribution >= 4 is 28.7 Å². The molecule has 2 aliphatic heterocycles. The maximum Gasteiger partial charge on any atom is 0.318 e. The van der Waals surface area contributed by atoms with Crippen molar-refractivity contribution in [2.24, 2.45) is 0 Å². The summed E-state index contributed by atoms with van der Waals surface area (Å²) in [6.45, 7) is 4.94. The van der Waals surface area contributed by atoms with Crippen LogP contribution in [0, 0.1) is 0 Å². The van der Waals surface area contributed by atoms with Crippen LogP contribution in [0.5, 0.6) is 0 Å². The van der Waals surface area contributed by atoms with Crippen LogP contribution in [-0.4, -0.2) is 96.9 Å². The van der Waals surface area contributed by atoms with Crippen molar-refractivity contribution in [3.63, 3.8) is 0 Å². The van der Waals surface area contributed by atoms with Gasteiger partial charge >= 0.3 is 6.03 Å². The number of rotatable bonds is 6. The fraction of sp³-hybridized carbons (Fsp3) is 0.514. The summed E-state index contributed by atoms with van der Waals surface area (Å²) in [4.78, 5) is 50.0. The molecule has 3 unspecified atom stereocenters. The molecule has 234 valence electrons. The van der Waals surface area contributed by atoms with Gasteiger partial charge in [0.1, 0.15) is 6.04 Å². The summed E-state index contributed by atoms with van der Waals surface area (Å²) in [7, 11) is 5.48. The van der Waals surface area contributed by atoms with E-state index in [2.05, 4.69) is 39.9 Å². The van der Waals surface area contributed by atoms with Gasteiger partial charge in [-0.15, -0.1) is 0 Å². The van der Waals surface area contributed by atoms with E-state index in [1.165, 1.54) is 5.56 Å². The standard InChI is InChI=1S/C35H46N6O3/c1-23(28-22-37-30-14-8-6-12-26(28)30)31(38-34(44)40(4)24-10-9-17-36-21-24)33(43)41-18-15-35(16-19-41)20-27(32(42)39(2)3)25-11-5-7-13-29(25)35/h5-8,11-14,22-24,27,31,36-37H,9-10,15-21H2,1-4H3,(H,38,44)/t23?,24?,27-,31?/m1/s1. The molecule has 3 aliphatic rings. The van der Waals surface area contributed by atoms with Crippen LogP contribution in [-0.2, 0) is 15.0 Å². The predicted octanol–water partition coefficient (Wildman–Crippen LogP) is 4.17. The highest BCUT2D eigenvalue weighted by Gasteiger charge is 2.49. The number of piperidine rings is 2. The first kappa shape index (κ1) is 30.2. The van der Waals surface area contributed by atoms with Crippen LogP contribution >= 0.6 is 0 Å². The quantitative estimate of drug-likeness (QED) is 0.397. The van der Waals surface area contributed by atoms with Gasteiger partial charge in [-0.25, -0.2) is 4.79 Å². The topological polar surface area (TPSA) is 101 Å². The number of para-hydroxylation sites is 1. The van der Waals surface area contributed by atoms with Gasteiger partial charge in [0, 0.05) is 75.3 Å². The lowest BCUT2D eigenvalue weighted by molar-refractivity contribution is -0.136. The second-order valence-corrected chi connectivity index (χ2v) is 13.3. The van der Waals surface area contributed by atoms with E-state index in [-0.39, 0.29) is 41.1 Å². The number of likely N-dealkylation sites (tertiary alicyclic amines) is 1. The van der Waals surface area contributed by atoms with Crippen molar-refractivity contribution in [1.82, 2.24) is 30.3 Å². The zero-order chi connectivity index (χ0) is 31.0. The molecule has 2 aromatic carbocycles. The Labute approximate surface area is 260 Å². The highest BCUT2D eigenvalue weighted by atomic mass is 16.2. The van der Waals surface area contributed by atoms with E-state index in [4.69, 9.17) is 0 Å². The molecule has 6 rings (SSSR count). The average Bonchev–Trinajstić information content (AvgIpc) is 3.63. The number of urea groups is 1. The average molecular weight is 599 g/mol. The van der Waals surface area contributed by atoms with Gasteiger partial charge in [0.15, 0.2) is 0 Å². The van der Waals surface area contributed by atoms with E-state index in [1.54, 1.807) is 9.80 Å². The van der Waals surface area contributed by atoms with Crippen molar-refractivity contribution in [1.29, 1.82) is 0 Å². The summed E-state index contributed by atoms with van der Waals surface area (Å²) >= 11 is 0. The van der Waals surface area contributed by atoms with Crippen molar-refractivity contribution < 1.29 is 14.4 Å². The Bertz CT molecular complexity index is 1520. The first-order chi connectivity index (χ1) is 21.2. The molecule has 2 saturated heterocycles. The highest BCUT2D eigenvalue weighted by Crippen LogP contribution is 2.52. The minimum atomic E-state index is -0.714. The second kappa shape index (κ2) is 12.3. The fourth-order valence-electron chi connectivity index (χ4n) is 7.87. The lowest BCUT2D eigenvalue weighted by Crippen LogP contribution is -2.58. The van der Waals surface area contributed by atoms with E-state index in [9.17, 15) is 14.4 Å². The number of amides is 4. The van der Waals surface area contributed by atoms with E-state index in [1.807, 2.05) is 63.4 Å². The Balaban J connectivity index is 1.23. The molecular weight excluding hydrogens is 552 g/mol. The Morgan fingerprint density at radius 3 is 2.48 bits per heavy atom. The van der Waals surface area contributed by atoms with Gasteiger partial charge < -0.3 is 30.3 Å². The lowest BCUT2D eigenvalue weighted by Gasteiger charge is -2.42. The molecular formula is C35H46N6O3. The molecule has 4 amide bonds. The molecule has 0 bridgehead atoms. The SMILES string of the molecule is CC(c1c[nH]c2ccccc12)C(NC(=O)N(C)C1CCCNC1)C(=O)N1CCC2(CC1)C[C@@H](C(=O)N(C)C)c1ccccc12. The fourth-order valence-corrected chi connectivity index (χ4v) is 7.87. The monoisotopic (exact) mass is 598 g/mol. The summed E-state index contributed by atoms with van der Waals surface area (Å²) in [5.41, 5.74) is 4.29. The molecule has 3 N–H and O–H groups in total. The third-order valence-electron chi connectivity index (χ3n) is 10.6. The van der Waals surface area contributed by atoms with Gasteiger partial charge in [-0.3, -0.25) is 9.59 Å². The molecule has 9 nitrogen and oxygen atoms in total. The van der Waals surface area contributed by atoms with Gasteiger partial charge in [-0.05, 0) is 61.4 Å². The number of hydrogen-bond acceptors (Lipinski definition) is 4. The van der Waals surface area contributed by atoms with Gasteiger partial charge in [0.25, 0.3) is 0 Å². The molecule has 1 spiro atoms. The number of H-pyrrole nitrogens is 1. The number of aromatic amines is 1. The molecule has 2 fully saturated rings. The van der Waals surface area contributed by atoms with Gasteiger partial charge in [0.05, 0.1) is 5.92 Å². The largest absolute Gasteiger partial charge is 0.361 e. The smallest absolute Gasteiger partial charge is 0.318 e. The Morgan fingerprint density at radius 1 is 1.02 bits per heavy atom. The van der Waals surface area contributed by atoms with Crippen molar-refractivity contribution in [3.8, 4) is 0 Å². The Hall–Kier alpha value is -3.85. The number of aromatic nitrogens is 1. The highest BCUT2D eigenvalue weighted by molar-refractivity contribution is 5.90. The number of carbonyl (C=O) groups excluding carboxylic acids is 3. The summed E-state index contributed by atoms with van der Waals surface area (Å²) in [5, 5.41) is 7.63. The first-order valence-electron chi connectivity index (χ1n) is 16.1. The minimum absolute atomic E-state index is 0.0478. The summed E-state index contributed by atoms with van der Waals surface area (Å²) < 4.78 is 0. The number of fused-ring (bicyclic) bond motifs is 3. The Kier molecular flexibility index (Phi) is 8.42. The first-order valence-corrected chi connectivity index (χ1v) is 16.1. The van der Waals surface area contributed by atoms with E-state index < -0.39 is 6.04 Å². The van der Waals surface area contributed by atoms with E-state index >= 15 is 0 Å². The van der Waals surface area contributed by atoms with Gasteiger partial charge in [0.2, 0.25) is 11.8 Å². The summed E-state index contributed by atoms with van der Waals surface area (Å²) in [6.07, 6.45) is 6.30. The van der Waals surface area contributed by atoms with Gasteiger partial charge in [-0.1, -0.05) is 49.4 Å². The molecule has 4 atom stereocenters. The van der Waals surface area contributed by atoms with Crippen molar-refractivity contribution in [3.05, 3.63) is 71.4 Å². The number of hydrogen-bond donors (Lipinski definition) is 3. The number of benzene rings is 2. The van der Waals surface area contributed by atoms with Crippen LogP contribution in [0.25, 0.3) is 10.9 Å². The zero-order valence-electron chi connectivity index (χ0n) is 26.4. The number of likely N-dealkylation sites (N-methyl/N-ethyl adjacent to an activating group) is 2. The number of nitrogens with zero attached hydrogens (tertiary/aromatic N) is 3. The maximum atomic E-state index is 14.4. The van der Waals surface area contributed by atoms with E-state index in [0.29, 0.717) is 13.1 Å². The van der Waals surface area contributed by atoms with Crippen LogP contribution in [0.3, 0.4) is 0 Å². The molecule has 44 heavy (non-hydrogen) atoms. The van der Waals surface area contributed by atoms with Crippen LogP contribution < -0.4 is 10.6 Å². The van der Waals surface area contributed by atoms with Crippen LogP contribution in [0.4, 0.5) is 4.79 Å². The van der Waals surface area contributed by atoms with Crippen LogP contribution in [0.2, 0.25) is 0 Å². The Morgan fingerprint density at radius 2 is 1.75 bits per heavy atom. The predicted molar refractivity (Wildman–Crippen MR) is 173 cm³/mol. The number of carbonyl (C=O) groups is 3. The molecule has 0 saturated carbocycles. The maximum absolute atomic E-state index is 14.4. The van der Waals surface area contributed by atoms with Crippen LogP contribution in [0.15, 0.2) is 54.7 Å². The zero-order valence-corrected chi connectivity index (χ0v) is 26.4. The molecule has 0 radical (unpaired) electrons. The van der Waals surface area contributed by atoms with Gasteiger partial charge in [-0.2, -0.15) is 0 Å².